The molecule has 1 aromatic heterocycles. The molecule has 0 spiro atoms. The summed E-state index contributed by atoms with van der Waals surface area (Å²) in [6.45, 7) is 7.81. The molecule has 4 nitrogen and oxygen atoms in total. The van der Waals surface area contributed by atoms with Gasteiger partial charge in [0.1, 0.15) is 0 Å². The quantitative estimate of drug-likeness (QED) is 0.899. The Morgan fingerprint density at radius 3 is 2.47 bits per heavy atom. The summed E-state index contributed by atoms with van der Waals surface area (Å²) in [7, 11) is 1.87. The van der Waals surface area contributed by atoms with Crippen LogP contribution in [0.25, 0.3) is 0 Å². The lowest BCUT2D eigenvalue weighted by Crippen LogP contribution is -2.15. The van der Waals surface area contributed by atoms with E-state index in [-0.39, 0.29) is 5.91 Å². The van der Waals surface area contributed by atoms with E-state index in [0.29, 0.717) is 5.56 Å². The summed E-state index contributed by atoms with van der Waals surface area (Å²) in [5, 5.41) is 7.26. The van der Waals surface area contributed by atoms with Crippen LogP contribution in [0.5, 0.6) is 0 Å². The molecule has 0 saturated carbocycles. The highest BCUT2D eigenvalue weighted by molar-refractivity contribution is 6.06. The van der Waals surface area contributed by atoms with Crippen molar-refractivity contribution in [2.45, 2.75) is 27.7 Å². The predicted octanol–water partition coefficient (Wildman–Crippen LogP) is 2.91. The topological polar surface area (TPSA) is 46.9 Å². The number of aryl methyl sites for hydroxylation is 3. The van der Waals surface area contributed by atoms with Crippen molar-refractivity contribution in [3.8, 4) is 0 Å². The third-order valence-corrected chi connectivity index (χ3v) is 3.60. The second-order valence-electron chi connectivity index (χ2n) is 4.87. The zero-order valence-corrected chi connectivity index (χ0v) is 12.0. The van der Waals surface area contributed by atoms with E-state index in [1.165, 1.54) is 0 Å². The van der Waals surface area contributed by atoms with Crippen molar-refractivity contribution in [1.29, 1.82) is 0 Å². The van der Waals surface area contributed by atoms with Crippen molar-refractivity contribution in [3.05, 3.63) is 46.3 Å². The van der Waals surface area contributed by atoms with Crippen molar-refractivity contribution >= 4 is 11.6 Å². The zero-order chi connectivity index (χ0) is 14.2. The van der Waals surface area contributed by atoms with E-state index < -0.39 is 0 Å². The van der Waals surface area contributed by atoms with E-state index in [9.17, 15) is 4.79 Å². The van der Waals surface area contributed by atoms with Gasteiger partial charge < -0.3 is 5.32 Å². The number of hydrogen-bond donors (Lipinski definition) is 1. The third kappa shape index (κ3) is 2.38. The van der Waals surface area contributed by atoms with Gasteiger partial charge in [0.15, 0.2) is 0 Å². The first-order chi connectivity index (χ1) is 8.91. The largest absolute Gasteiger partial charge is 0.319 e. The molecule has 0 atom stereocenters. The van der Waals surface area contributed by atoms with Crippen molar-refractivity contribution < 1.29 is 4.79 Å². The molecule has 0 saturated heterocycles. The van der Waals surface area contributed by atoms with E-state index in [1.54, 1.807) is 4.68 Å². The normalized spacial score (nSPS) is 10.6. The van der Waals surface area contributed by atoms with Crippen LogP contribution in [-0.4, -0.2) is 15.7 Å². The number of carbonyl (C=O) groups excluding carboxylic acids is 1. The summed E-state index contributed by atoms with van der Waals surface area (Å²) in [5.74, 6) is -0.0830. The van der Waals surface area contributed by atoms with Crippen LogP contribution in [-0.2, 0) is 7.05 Å². The predicted molar refractivity (Wildman–Crippen MR) is 76.6 cm³/mol. The molecule has 2 rings (SSSR count). The molecule has 1 heterocycles. The SMILES string of the molecule is Cc1cccc(C(=O)Nc2c(C)nn(C)c2C)c1C. The molecule has 1 aromatic carbocycles. The number of aromatic nitrogens is 2. The number of carbonyl (C=O) groups is 1. The summed E-state index contributed by atoms with van der Waals surface area (Å²) in [4.78, 5) is 12.4. The minimum absolute atomic E-state index is 0.0830. The first-order valence-electron chi connectivity index (χ1n) is 6.29. The van der Waals surface area contributed by atoms with Crippen molar-refractivity contribution in [3.63, 3.8) is 0 Å². The minimum atomic E-state index is -0.0830. The molecule has 2 aromatic rings. The van der Waals surface area contributed by atoms with E-state index >= 15 is 0 Å². The van der Waals surface area contributed by atoms with Gasteiger partial charge in [0, 0.05) is 12.6 Å². The van der Waals surface area contributed by atoms with E-state index in [0.717, 1.165) is 28.2 Å². The molecule has 4 heteroatoms. The summed E-state index contributed by atoms with van der Waals surface area (Å²) >= 11 is 0. The molecule has 0 aliphatic carbocycles. The maximum atomic E-state index is 12.4. The molecule has 19 heavy (non-hydrogen) atoms. The molecule has 0 aliphatic heterocycles. The van der Waals surface area contributed by atoms with Crippen LogP contribution in [0.3, 0.4) is 0 Å². The Balaban J connectivity index is 2.34. The van der Waals surface area contributed by atoms with Crippen LogP contribution in [0.4, 0.5) is 5.69 Å². The first kappa shape index (κ1) is 13.3. The molecule has 0 fully saturated rings. The van der Waals surface area contributed by atoms with Gasteiger partial charge in [0.25, 0.3) is 5.91 Å². The maximum Gasteiger partial charge on any atom is 0.256 e. The smallest absolute Gasteiger partial charge is 0.256 e. The molecular formula is C15H19N3O. The minimum Gasteiger partial charge on any atom is -0.319 e. The first-order valence-corrected chi connectivity index (χ1v) is 6.29. The number of nitrogens with zero attached hydrogens (tertiary/aromatic N) is 2. The van der Waals surface area contributed by atoms with Crippen LogP contribution in [0.1, 0.15) is 32.9 Å². The van der Waals surface area contributed by atoms with Crippen LogP contribution < -0.4 is 5.32 Å². The molecule has 0 unspecified atom stereocenters. The molecular weight excluding hydrogens is 238 g/mol. The Morgan fingerprint density at radius 2 is 1.89 bits per heavy atom. The van der Waals surface area contributed by atoms with Gasteiger partial charge in [-0.05, 0) is 44.9 Å². The fourth-order valence-electron chi connectivity index (χ4n) is 2.13. The molecule has 0 radical (unpaired) electrons. The average molecular weight is 257 g/mol. The lowest BCUT2D eigenvalue weighted by molar-refractivity contribution is 0.102. The Hall–Kier alpha value is -2.10. The van der Waals surface area contributed by atoms with Gasteiger partial charge in [0.2, 0.25) is 0 Å². The molecule has 0 aliphatic rings. The Labute approximate surface area is 113 Å². The van der Waals surface area contributed by atoms with E-state index in [1.807, 2.05) is 52.9 Å². The van der Waals surface area contributed by atoms with Gasteiger partial charge >= 0.3 is 0 Å². The van der Waals surface area contributed by atoms with Gasteiger partial charge in [-0.3, -0.25) is 9.48 Å². The standard InChI is InChI=1S/C15H19N3O/c1-9-7-6-8-13(10(9)2)15(19)16-14-11(3)17-18(5)12(14)4/h6-8H,1-5H3,(H,16,19). The van der Waals surface area contributed by atoms with Crippen molar-refractivity contribution in [1.82, 2.24) is 9.78 Å². The van der Waals surface area contributed by atoms with Gasteiger partial charge in [0.05, 0.1) is 17.1 Å². The molecule has 0 bridgehead atoms. The second kappa shape index (κ2) is 4.88. The van der Waals surface area contributed by atoms with Gasteiger partial charge in [-0.2, -0.15) is 5.10 Å². The van der Waals surface area contributed by atoms with Crippen LogP contribution in [0, 0.1) is 27.7 Å². The number of rotatable bonds is 2. The molecule has 1 N–H and O–H groups in total. The van der Waals surface area contributed by atoms with E-state index in [2.05, 4.69) is 10.4 Å². The fraction of sp³-hybridized carbons (Fsp3) is 0.333. The lowest BCUT2D eigenvalue weighted by Gasteiger charge is -2.09. The highest BCUT2D eigenvalue weighted by Gasteiger charge is 2.15. The van der Waals surface area contributed by atoms with Gasteiger partial charge in [-0.1, -0.05) is 12.1 Å². The average Bonchev–Trinajstić information content (AvgIpc) is 2.59. The van der Waals surface area contributed by atoms with Crippen LogP contribution in [0.2, 0.25) is 0 Å². The number of anilines is 1. The highest BCUT2D eigenvalue weighted by atomic mass is 16.1. The third-order valence-electron chi connectivity index (χ3n) is 3.60. The Bertz CT molecular complexity index is 641. The summed E-state index contributed by atoms with van der Waals surface area (Å²) in [6.07, 6.45) is 0. The van der Waals surface area contributed by atoms with Gasteiger partial charge in [-0.25, -0.2) is 0 Å². The Kier molecular flexibility index (Phi) is 3.42. The fourth-order valence-corrected chi connectivity index (χ4v) is 2.13. The monoisotopic (exact) mass is 257 g/mol. The Morgan fingerprint density at radius 1 is 1.21 bits per heavy atom. The van der Waals surface area contributed by atoms with Crippen LogP contribution in [0.15, 0.2) is 18.2 Å². The summed E-state index contributed by atoms with van der Waals surface area (Å²) < 4.78 is 1.77. The second-order valence-corrected chi connectivity index (χ2v) is 4.87. The van der Waals surface area contributed by atoms with Crippen molar-refractivity contribution in [2.75, 3.05) is 5.32 Å². The number of hydrogen-bond acceptors (Lipinski definition) is 2. The number of benzene rings is 1. The number of amides is 1. The van der Waals surface area contributed by atoms with Gasteiger partial charge in [-0.15, -0.1) is 0 Å². The maximum absolute atomic E-state index is 12.4. The summed E-state index contributed by atoms with van der Waals surface area (Å²) in [6, 6.07) is 5.76. The summed E-state index contributed by atoms with van der Waals surface area (Å²) in [5.41, 5.74) is 5.43. The van der Waals surface area contributed by atoms with Crippen molar-refractivity contribution in [2.24, 2.45) is 7.05 Å². The number of nitrogens with one attached hydrogen (secondary N) is 1. The lowest BCUT2D eigenvalue weighted by atomic mass is 10.0. The zero-order valence-electron chi connectivity index (χ0n) is 12.0. The highest BCUT2D eigenvalue weighted by Crippen LogP contribution is 2.20. The van der Waals surface area contributed by atoms with E-state index in [4.69, 9.17) is 0 Å². The molecule has 100 valence electrons. The van der Waals surface area contributed by atoms with Crippen LogP contribution >= 0.6 is 0 Å². The molecule has 1 amide bonds.